The van der Waals surface area contributed by atoms with E-state index in [1.165, 1.54) is 5.56 Å². The Morgan fingerprint density at radius 1 is 1.14 bits per heavy atom. The molecule has 4 rings (SSSR count). The second kappa shape index (κ2) is 8.31. The number of amides is 1. The van der Waals surface area contributed by atoms with Gasteiger partial charge in [0.15, 0.2) is 6.10 Å². The van der Waals surface area contributed by atoms with Crippen LogP contribution in [0.4, 0.5) is 0 Å². The number of ether oxygens (including phenoxy) is 1. The molecule has 1 aliphatic rings. The molecule has 6 heteroatoms. The number of nitrogens with one attached hydrogen (secondary N) is 2. The van der Waals surface area contributed by atoms with Crippen LogP contribution in [0, 0.1) is 0 Å². The highest BCUT2D eigenvalue weighted by Crippen LogP contribution is 2.29. The molecular formula is C23H23N3O3. The molecule has 2 atom stereocenters. The fourth-order valence-corrected chi connectivity index (χ4v) is 3.65. The molecule has 2 N–H and O–H groups in total. The van der Waals surface area contributed by atoms with E-state index in [4.69, 9.17) is 4.74 Å². The maximum Gasteiger partial charge on any atom is 0.357 e. The SMILES string of the molecule is C[C@H](OC(=O)c1cc(-c2ccccc2)n[nH]1)C(=O)N[C@@H]1CCCc2ccccc21. The number of rotatable bonds is 5. The average Bonchev–Trinajstić information content (AvgIpc) is 3.25. The predicted octanol–water partition coefficient (Wildman–Crippen LogP) is 3.82. The van der Waals surface area contributed by atoms with Crippen LogP contribution in [0.2, 0.25) is 0 Å². The van der Waals surface area contributed by atoms with Gasteiger partial charge >= 0.3 is 5.97 Å². The van der Waals surface area contributed by atoms with Gasteiger partial charge in [-0.1, -0.05) is 54.6 Å². The Bertz CT molecular complexity index is 1010. The highest BCUT2D eigenvalue weighted by Gasteiger charge is 2.26. The first-order chi connectivity index (χ1) is 14.1. The van der Waals surface area contributed by atoms with E-state index in [1.54, 1.807) is 13.0 Å². The Morgan fingerprint density at radius 2 is 1.90 bits per heavy atom. The van der Waals surface area contributed by atoms with Gasteiger partial charge in [-0.25, -0.2) is 4.79 Å². The molecule has 1 aromatic heterocycles. The number of hydrogen-bond donors (Lipinski definition) is 2. The molecule has 0 bridgehead atoms. The first-order valence-electron chi connectivity index (χ1n) is 9.82. The van der Waals surface area contributed by atoms with E-state index in [9.17, 15) is 9.59 Å². The Morgan fingerprint density at radius 3 is 2.72 bits per heavy atom. The summed E-state index contributed by atoms with van der Waals surface area (Å²) in [7, 11) is 0. The maximum absolute atomic E-state index is 12.6. The zero-order valence-electron chi connectivity index (χ0n) is 16.2. The number of carbonyl (C=O) groups is 2. The van der Waals surface area contributed by atoms with Crippen molar-refractivity contribution in [2.45, 2.75) is 38.3 Å². The zero-order chi connectivity index (χ0) is 20.2. The van der Waals surface area contributed by atoms with Gasteiger partial charge in [-0.05, 0) is 43.4 Å². The number of aromatic amines is 1. The molecule has 0 saturated heterocycles. The molecule has 3 aromatic rings. The summed E-state index contributed by atoms with van der Waals surface area (Å²) in [6.07, 6.45) is 2.02. The van der Waals surface area contributed by atoms with Crippen LogP contribution >= 0.6 is 0 Å². The number of carbonyl (C=O) groups excluding carboxylic acids is 2. The van der Waals surface area contributed by atoms with E-state index >= 15 is 0 Å². The molecular weight excluding hydrogens is 366 g/mol. The lowest BCUT2D eigenvalue weighted by Gasteiger charge is -2.27. The van der Waals surface area contributed by atoms with E-state index in [1.807, 2.05) is 48.5 Å². The van der Waals surface area contributed by atoms with Crippen molar-refractivity contribution < 1.29 is 14.3 Å². The smallest absolute Gasteiger partial charge is 0.357 e. The van der Waals surface area contributed by atoms with E-state index in [0.29, 0.717) is 5.69 Å². The van der Waals surface area contributed by atoms with E-state index in [2.05, 4.69) is 21.6 Å². The first-order valence-corrected chi connectivity index (χ1v) is 9.82. The standard InChI is InChI=1S/C23H23N3O3/c1-15(22(27)24-19-13-7-11-16-8-5-6-12-18(16)19)29-23(28)21-14-20(25-26-21)17-9-3-2-4-10-17/h2-6,8-10,12,14-15,19H,7,11,13H2,1H3,(H,24,27)(H,25,26)/t15-,19+/m0/s1. The summed E-state index contributed by atoms with van der Waals surface area (Å²) in [6, 6.07) is 19.2. The molecule has 0 aliphatic heterocycles. The van der Waals surface area contributed by atoms with Crippen molar-refractivity contribution in [1.82, 2.24) is 15.5 Å². The van der Waals surface area contributed by atoms with E-state index < -0.39 is 12.1 Å². The molecule has 0 fully saturated rings. The average molecular weight is 389 g/mol. The fraction of sp³-hybridized carbons (Fsp3) is 0.261. The molecule has 1 aliphatic carbocycles. The van der Waals surface area contributed by atoms with Crippen molar-refractivity contribution >= 4 is 11.9 Å². The summed E-state index contributed by atoms with van der Waals surface area (Å²) in [4.78, 5) is 25.0. The van der Waals surface area contributed by atoms with Gasteiger partial charge in [0.2, 0.25) is 0 Å². The van der Waals surface area contributed by atoms with Crippen molar-refractivity contribution in [3.63, 3.8) is 0 Å². The topological polar surface area (TPSA) is 84.1 Å². The number of H-pyrrole nitrogens is 1. The molecule has 6 nitrogen and oxygen atoms in total. The van der Waals surface area contributed by atoms with Gasteiger partial charge in [-0.2, -0.15) is 5.10 Å². The molecule has 0 saturated carbocycles. The molecule has 0 radical (unpaired) electrons. The molecule has 0 unspecified atom stereocenters. The highest BCUT2D eigenvalue weighted by atomic mass is 16.5. The van der Waals surface area contributed by atoms with Gasteiger partial charge in [0.1, 0.15) is 5.69 Å². The summed E-state index contributed by atoms with van der Waals surface area (Å²) in [6.45, 7) is 1.58. The monoisotopic (exact) mass is 389 g/mol. The van der Waals surface area contributed by atoms with Crippen LogP contribution in [0.15, 0.2) is 60.7 Å². The van der Waals surface area contributed by atoms with Gasteiger partial charge in [0, 0.05) is 5.56 Å². The third-order valence-electron chi connectivity index (χ3n) is 5.21. The normalized spacial score (nSPS) is 16.5. The van der Waals surface area contributed by atoms with Gasteiger partial charge in [-0.15, -0.1) is 0 Å². The fourth-order valence-electron chi connectivity index (χ4n) is 3.65. The molecule has 1 heterocycles. The molecule has 2 aromatic carbocycles. The van der Waals surface area contributed by atoms with Crippen molar-refractivity contribution in [3.05, 3.63) is 77.5 Å². The Balaban J connectivity index is 1.38. The lowest BCUT2D eigenvalue weighted by atomic mass is 9.87. The number of fused-ring (bicyclic) bond motifs is 1. The minimum Gasteiger partial charge on any atom is -0.448 e. The Hall–Kier alpha value is -3.41. The molecule has 148 valence electrons. The van der Waals surface area contributed by atoms with Gasteiger partial charge in [-0.3, -0.25) is 9.89 Å². The second-order valence-corrected chi connectivity index (χ2v) is 7.23. The molecule has 1 amide bonds. The van der Waals surface area contributed by atoms with Crippen molar-refractivity contribution in [2.75, 3.05) is 0 Å². The van der Waals surface area contributed by atoms with Crippen LogP contribution in [0.25, 0.3) is 11.3 Å². The number of aryl methyl sites for hydroxylation is 1. The van der Waals surface area contributed by atoms with Crippen LogP contribution in [0.5, 0.6) is 0 Å². The van der Waals surface area contributed by atoms with Crippen LogP contribution in [-0.4, -0.2) is 28.2 Å². The zero-order valence-corrected chi connectivity index (χ0v) is 16.2. The third kappa shape index (κ3) is 4.21. The lowest BCUT2D eigenvalue weighted by molar-refractivity contribution is -0.130. The molecule has 29 heavy (non-hydrogen) atoms. The Labute approximate surface area is 169 Å². The van der Waals surface area contributed by atoms with Crippen LogP contribution in [-0.2, 0) is 16.0 Å². The third-order valence-corrected chi connectivity index (χ3v) is 5.21. The quantitative estimate of drug-likeness (QED) is 0.650. The van der Waals surface area contributed by atoms with Crippen molar-refractivity contribution in [3.8, 4) is 11.3 Å². The number of hydrogen-bond acceptors (Lipinski definition) is 4. The lowest BCUT2D eigenvalue weighted by Crippen LogP contribution is -2.39. The predicted molar refractivity (Wildman–Crippen MR) is 109 cm³/mol. The van der Waals surface area contributed by atoms with Crippen molar-refractivity contribution in [2.24, 2.45) is 0 Å². The summed E-state index contributed by atoms with van der Waals surface area (Å²) in [5.41, 5.74) is 4.16. The van der Waals surface area contributed by atoms with Crippen LogP contribution in [0.3, 0.4) is 0 Å². The van der Waals surface area contributed by atoms with Crippen LogP contribution in [0.1, 0.15) is 47.4 Å². The minimum absolute atomic E-state index is 0.0505. The van der Waals surface area contributed by atoms with Gasteiger partial charge < -0.3 is 10.1 Å². The summed E-state index contributed by atoms with van der Waals surface area (Å²) >= 11 is 0. The maximum atomic E-state index is 12.6. The number of benzene rings is 2. The number of esters is 1. The summed E-state index contributed by atoms with van der Waals surface area (Å²) < 4.78 is 5.35. The van der Waals surface area contributed by atoms with Gasteiger partial charge in [0.05, 0.1) is 11.7 Å². The van der Waals surface area contributed by atoms with Gasteiger partial charge in [0.25, 0.3) is 5.91 Å². The van der Waals surface area contributed by atoms with Crippen molar-refractivity contribution in [1.29, 1.82) is 0 Å². The number of aromatic nitrogens is 2. The van der Waals surface area contributed by atoms with E-state index in [0.717, 1.165) is 30.4 Å². The number of nitrogens with zero attached hydrogens (tertiary/aromatic N) is 1. The largest absolute Gasteiger partial charge is 0.448 e. The minimum atomic E-state index is -0.903. The second-order valence-electron chi connectivity index (χ2n) is 7.23. The van der Waals surface area contributed by atoms with E-state index in [-0.39, 0.29) is 17.6 Å². The first kappa shape index (κ1) is 18.9. The molecule has 0 spiro atoms. The summed E-state index contributed by atoms with van der Waals surface area (Å²) in [5.74, 6) is -0.908. The highest BCUT2D eigenvalue weighted by molar-refractivity contribution is 5.91. The van der Waals surface area contributed by atoms with Crippen LogP contribution < -0.4 is 5.32 Å². The Kier molecular flexibility index (Phi) is 5.42. The summed E-state index contributed by atoms with van der Waals surface area (Å²) in [5, 5.41) is 9.86.